The largest absolute Gasteiger partial charge is 0.327 e. The minimum absolute atomic E-state index is 0.442. The monoisotopic (exact) mass is 167 g/mol. The van der Waals surface area contributed by atoms with Gasteiger partial charge in [-0.2, -0.15) is 0 Å². The number of nitrogens with two attached hydrogens (primary N) is 1. The Morgan fingerprint density at radius 2 is 2.33 bits per heavy atom. The van der Waals surface area contributed by atoms with Crippen LogP contribution in [0, 0.1) is 5.92 Å². The van der Waals surface area contributed by atoms with Crippen LogP contribution in [0.1, 0.15) is 46.0 Å². The van der Waals surface area contributed by atoms with E-state index < -0.39 is 0 Å². The van der Waals surface area contributed by atoms with E-state index in [1.54, 1.807) is 5.57 Å². The van der Waals surface area contributed by atoms with Gasteiger partial charge < -0.3 is 5.73 Å². The van der Waals surface area contributed by atoms with E-state index in [-0.39, 0.29) is 0 Å². The molecule has 1 aliphatic rings. The number of hydrogen-bond donors (Lipinski definition) is 1. The first-order valence-electron chi connectivity index (χ1n) is 5.12. The SMILES string of the molecule is CC(C)C/C=C1/CCCC(N)C1. The van der Waals surface area contributed by atoms with Gasteiger partial charge in [-0.1, -0.05) is 25.5 Å². The van der Waals surface area contributed by atoms with Crippen molar-refractivity contribution in [3.63, 3.8) is 0 Å². The maximum Gasteiger partial charge on any atom is 0.00761 e. The number of allylic oxidation sites excluding steroid dienone is 1. The van der Waals surface area contributed by atoms with Crippen LogP contribution >= 0.6 is 0 Å². The van der Waals surface area contributed by atoms with Crippen LogP contribution < -0.4 is 5.73 Å². The number of hydrogen-bond acceptors (Lipinski definition) is 1. The Kier molecular flexibility index (Phi) is 3.80. The fraction of sp³-hybridized carbons (Fsp3) is 0.818. The van der Waals surface area contributed by atoms with Crippen LogP contribution in [0.2, 0.25) is 0 Å². The van der Waals surface area contributed by atoms with Gasteiger partial charge in [0.2, 0.25) is 0 Å². The van der Waals surface area contributed by atoms with Crippen molar-refractivity contribution in [2.75, 3.05) is 0 Å². The van der Waals surface area contributed by atoms with Crippen molar-refractivity contribution in [1.29, 1.82) is 0 Å². The summed E-state index contributed by atoms with van der Waals surface area (Å²) < 4.78 is 0. The van der Waals surface area contributed by atoms with Crippen molar-refractivity contribution >= 4 is 0 Å². The summed E-state index contributed by atoms with van der Waals surface area (Å²) in [5.74, 6) is 0.788. The molecule has 0 heterocycles. The molecule has 0 aromatic rings. The molecular formula is C11H21N. The Morgan fingerprint density at radius 3 is 2.92 bits per heavy atom. The van der Waals surface area contributed by atoms with Gasteiger partial charge in [0.25, 0.3) is 0 Å². The van der Waals surface area contributed by atoms with Gasteiger partial charge in [-0.05, 0) is 38.0 Å². The summed E-state index contributed by atoms with van der Waals surface area (Å²) in [6.07, 6.45) is 8.59. The fourth-order valence-corrected chi connectivity index (χ4v) is 1.72. The smallest absolute Gasteiger partial charge is 0.00761 e. The van der Waals surface area contributed by atoms with Gasteiger partial charge in [-0.25, -0.2) is 0 Å². The van der Waals surface area contributed by atoms with E-state index in [0.717, 1.165) is 12.3 Å². The fourth-order valence-electron chi connectivity index (χ4n) is 1.72. The van der Waals surface area contributed by atoms with Crippen molar-refractivity contribution in [3.8, 4) is 0 Å². The van der Waals surface area contributed by atoms with Crippen molar-refractivity contribution in [2.24, 2.45) is 11.7 Å². The van der Waals surface area contributed by atoms with Crippen molar-refractivity contribution < 1.29 is 0 Å². The summed E-state index contributed by atoms with van der Waals surface area (Å²) in [5, 5.41) is 0. The molecule has 1 fully saturated rings. The highest BCUT2D eigenvalue weighted by molar-refractivity contribution is 5.07. The Balaban J connectivity index is 2.34. The van der Waals surface area contributed by atoms with Crippen LogP contribution in [-0.2, 0) is 0 Å². The van der Waals surface area contributed by atoms with Crippen LogP contribution in [-0.4, -0.2) is 6.04 Å². The molecule has 1 unspecified atom stereocenters. The van der Waals surface area contributed by atoms with E-state index in [1.807, 2.05) is 0 Å². The first-order valence-corrected chi connectivity index (χ1v) is 5.12. The second-order valence-electron chi connectivity index (χ2n) is 4.35. The van der Waals surface area contributed by atoms with E-state index in [0.29, 0.717) is 6.04 Å². The molecule has 0 aromatic carbocycles. The molecule has 0 saturated heterocycles. The Hall–Kier alpha value is -0.300. The van der Waals surface area contributed by atoms with E-state index in [4.69, 9.17) is 5.73 Å². The predicted molar refractivity (Wildman–Crippen MR) is 54.0 cm³/mol. The highest BCUT2D eigenvalue weighted by Crippen LogP contribution is 2.23. The molecule has 1 atom stereocenters. The van der Waals surface area contributed by atoms with Crippen molar-refractivity contribution in [2.45, 2.75) is 52.0 Å². The molecule has 0 amide bonds. The Bertz CT molecular complexity index is 158. The molecule has 0 aliphatic heterocycles. The highest BCUT2D eigenvalue weighted by Gasteiger charge is 2.12. The molecule has 0 aromatic heterocycles. The van der Waals surface area contributed by atoms with Gasteiger partial charge in [-0.15, -0.1) is 0 Å². The van der Waals surface area contributed by atoms with Gasteiger partial charge in [-0.3, -0.25) is 0 Å². The maximum absolute atomic E-state index is 5.89. The summed E-state index contributed by atoms with van der Waals surface area (Å²) in [7, 11) is 0. The van der Waals surface area contributed by atoms with Crippen molar-refractivity contribution in [1.82, 2.24) is 0 Å². The van der Waals surface area contributed by atoms with Crippen LogP contribution in [0.5, 0.6) is 0 Å². The zero-order valence-electron chi connectivity index (χ0n) is 8.34. The van der Waals surface area contributed by atoms with E-state index in [2.05, 4.69) is 19.9 Å². The summed E-state index contributed by atoms with van der Waals surface area (Å²) in [5.41, 5.74) is 7.49. The molecular weight excluding hydrogens is 146 g/mol. The van der Waals surface area contributed by atoms with E-state index in [1.165, 1.54) is 25.7 Å². The van der Waals surface area contributed by atoms with Gasteiger partial charge >= 0.3 is 0 Å². The standard InChI is InChI=1S/C11H21N/c1-9(2)6-7-10-4-3-5-11(12)8-10/h7,9,11H,3-6,8,12H2,1-2H3/b10-7-. The van der Waals surface area contributed by atoms with Crippen LogP contribution in [0.4, 0.5) is 0 Å². The molecule has 12 heavy (non-hydrogen) atoms. The Labute approximate surface area is 76.0 Å². The normalized spacial score (nSPS) is 28.3. The third kappa shape index (κ3) is 3.40. The quantitative estimate of drug-likeness (QED) is 0.629. The zero-order valence-corrected chi connectivity index (χ0v) is 8.34. The molecule has 0 bridgehead atoms. The average molecular weight is 167 g/mol. The molecule has 1 aliphatic carbocycles. The van der Waals surface area contributed by atoms with Gasteiger partial charge in [0.1, 0.15) is 0 Å². The third-order valence-corrected chi connectivity index (χ3v) is 2.48. The first-order chi connectivity index (χ1) is 5.68. The molecule has 1 rings (SSSR count). The van der Waals surface area contributed by atoms with Gasteiger partial charge in [0.05, 0.1) is 0 Å². The minimum atomic E-state index is 0.442. The third-order valence-electron chi connectivity index (χ3n) is 2.48. The van der Waals surface area contributed by atoms with E-state index in [9.17, 15) is 0 Å². The topological polar surface area (TPSA) is 26.0 Å². The van der Waals surface area contributed by atoms with E-state index >= 15 is 0 Å². The minimum Gasteiger partial charge on any atom is -0.327 e. The Morgan fingerprint density at radius 1 is 1.58 bits per heavy atom. The lowest BCUT2D eigenvalue weighted by Crippen LogP contribution is -2.23. The molecule has 1 heteroatoms. The van der Waals surface area contributed by atoms with Crippen LogP contribution in [0.25, 0.3) is 0 Å². The molecule has 70 valence electrons. The van der Waals surface area contributed by atoms with Gasteiger partial charge in [0, 0.05) is 6.04 Å². The molecule has 1 nitrogen and oxygen atoms in total. The molecule has 0 spiro atoms. The second kappa shape index (κ2) is 4.66. The predicted octanol–water partition coefficient (Wildman–Crippen LogP) is 2.86. The molecule has 0 radical (unpaired) electrons. The van der Waals surface area contributed by atoms with Gasteiger partial charge in [0.15, 0.2) is 0 Å². The summed E-state index contributed by atoms with van der Waals surface area (Å²) in [6.45, 7) is 4.53. The van der Waals surface area contributed by atoms with Crippen LogP contribution in [0.15, 0.2) is 11.6 Å². The molecule has 1 saturated carbocycles. The first kappa shape index (κ1) is 9.79. The lowest BCUT2D eigenvalue weighted by atomic mass is 9.90. The summed E-state index contributed by atoms with van der Waals surface area (Å²) >= 11 is 0. The zero-order chi connectivity index (χ0) is 8.97. The number of rotatable bonds is 2. The summed E-state index contributed by atoms with van der Waals surface area (Å²) in [4.78, 5) is 0. The lowest BCUT2D eigenvalue weighted by molar-refractivity contribution is 0.513. The lowest BCUT2D eigenvalue weighted by Gasteiger charge is -2.20. The highest BCUT2D eigenvalue weighted by atomic mass is 14.6. The maximum atomic E-state index is 5.89. The van der Waals surface area contributed by atoms with Crippen molar-refractivity contribution in [3.05, 3.63) is 11.6 Å². The van der Waals surface area contributed by atoms with Crippen LogP contribution in [0.3, 0.4) is 0 Å². The second-order valence-corrected chi connectivity index (χ2v) is 4.35. The molecule has 2 N–H and O–H groups in total. The summed E-state index contributed by atoms with van der Waals surface area (Å²) in [6, 6.07) is 0.442. The average Bonchev–Trinajstić information content (AvgIpc) is 2.01.